The molecule has 0 atom stereocenters. The van der Waals surface area contributed by atoms with Crippen molar-refractivity contribution < 1.29 is 14.4 Å². The fraction of sp³-hybridized carbons (Fsp3) is 0.667. The third-order valence-electron chi connectivity index (χ3n) is 2.29. The molecule has 2 fully saturated rings. The normalized spacial score (nSPS) is 19.8. The predicted molar refractivity (Wildman–Crippen MR) is 59.7 cm³/mol. The van der Waals surface area contributed by atoms with E-state index < -0.39 is 12.1 Å². The first kappa shape index (κ1) is 13.2. The summed E-state index contributed by atoms with van der Waals surface area (Å²) in [4.78, 5) is 30.4. The summed E-state index contributed by atoms with van der Waals surface area (Å²) < 4.78 is 0. The summed E-state index contributed by atoms with van der Waals surface area (Å²) >= 11 is 0. The lowest BCUT2D eigenvalue weighted by Gasteiger charge is -2.25. The molecule has 0 saturated carbocycles. The first-order chi connectivity index (χ1) is 8.08. The molecule has 0 spiro atoms. The molecule has 5 amide bonds. The molecule has 17 heavy (non-hydrogen) atoms. The van der Waals surface area contributed by atoms with Crippen molar-refractivity contribution in [2.24, 2.45) is 5.73 Å². The number of carbonyl (C=O) groups is 3. The Bertz CT molecular complexity index is 287. The zero-order valence-electron chi connectivity index (χ0n) is 9.49. The monoisotopic (exact) mass is 243 g/mol. The summed E-state index contributed by atoms with van der Waals surface area (Å²) in [6.07, 6.45) is 3.57. The van der Waals surface area contributed by atoms with E-state index in [-0.39, 0.29) is 12.5 Å². The lowest BCUT2D eigenvalue weighted by atomic mass is 10.2. The minimum atomic E-state index is -0.457. The van der Waals surface area contributed by atoms with Gasteiger partial charge in [0.15, 0.2) is 0 Å². The van der Waals surface area contributed by atoms with Crippen LogP contribution in [0.3, 0.4) is 0 Å². The van der Waals surface area contributed by atoms with Gasteiger partial charge in [0.1, 0.15) is 0 Å². The van der Waals surface area contributed by atoms with E-state index in [1.54, 1.807) is 0 Å². The lowest BCUT2D eigenvalue weighted by Crippen LogP contribution is -2.47. The van der Waals surface area contributed by atoms with Gasteiger partial charge in [-0.15, -0.1) is 0 Å². The van der Waals surface area contributed by atoms with Crippen molar-refractivity contribution >= 4 is 18.0 Å². The van der Waals surface area contributed by atoms with Crippen LogP contribution in [-0.4, -0.2) is 42.6 Å². The molecule has 96 valence electrons. The summed E-state index contributed by atoms with van der Waals surface area (Å²) in [6, 6.07) is -0.855. The van der Waals surface area contributed by atoms with Gasteiger partial charge in [-0.3, -0.25) is 15.5 Å². The Morgan fingerprint density at radius 2 is 1.88 bits per heavy atom. The average molecular weight is 243 g/mol. The number of hydrogen-bond donors (Lipinski definition) is 4. The van der Waals surface area contributed by atoms with Crippen molar-refractivity contribution in [3.8, 4) is 0 Å². The Labute approximate surface area is 98.9 Å². The number of nitrogens with zero attached hydrogens (tertiary/aromatic N) is 1. The fourth-order valence-electron chi connectivity index (χ4n) is 1.54. The van der Waals surface area contributed by atoms with Crippen LogP contribution in [0.15, 0.2) is 0 Å². The van der Waals surface area contributed by atoms with E-state index in [2.05, 4.69) is 10.7 Å². The number of nitrogens with two attached hydrogens (primary N) is 1. The van der Waals surface area contributed by atoms with Crippen molar-refractivity contribution in [2.75, 3.05) is 19.6 Å². The number of rotatable bonds is 1. The minimum absolute atomic E-state index is 0.124. The van der Waals surface area contributed by atoms with E-state index in [1.165, 1.54) is 6.42 Å². The first-order valence-electron chi connectivity index (χ1n) is 5.46. The van der Waals surface area contributed by atoms with Crippen molar-refractivity contribution in [2.45, 2.75) is 19.3 Å². The first-order valence-corrected chi connectivity index (χ1v) is 5.46. The average Bonchev–Trinajstić information content (AvgIpc) is 2.64. The summed E-state index contributed by atoms with van der Waals surface area (Å²) in [7, 11) is 0. The van der Waals surface area contributed by atoms with Crippen LogP contribution in [0, 0.1) is 0 Å². The predicted octanol–water partition coefficient (Wildman–Crippen LogP) is -1.12. The highest BCUT2D eigenvalue weighted by Gasteiger charge is 2.14. The second kappa shape index (κ2) is 6.69. The molecule has 0 aromatic carbocycles. The highest BCUT2D eigenvalue weighted by molar-refractivity contribution is 6.01. The molecule has 8 heteroatoms. The third-order valence-corrected chi connectivity index (χ3v) is 2.29. The number of nitrogens with one attached hydrogen (secondary N) is 3. The number of piperidine rings is 1. The van der Waals surface area contributed by atoms with Crippen LogP contribution in [-0.2, 0) is 4.79 Å². The summed E-state index contributed by atoms with van der Waals surface area (Å²) in [6.45, 7) is 1.99. The number of hydrazine groups is 1. The van der Waals surface area contributed by atoms with Crippen LogP contribution in [0.2, 0.25) is 0 Å². The SMILES string of the molecule is NC(=O)NN1CCCCC1.O=C1CNC(=O)N1. The largest absolute Gasteiger partial charge is 0.351 e. The number of urea groups is 2. The van der Waals surface area contributed by atoms with Gasteiger partial charge < -0.3 is 11.1 Å². The van der Waals surface area contributed by atoms with Crippen LogP contribution in [0.25, 0.3) is 0 Å². The highest BCUT2D eigenvalue weighted by atomic mass is 16.2. The van der Waals surface area contributed by atoms with Crippen molar-refractivity contribution in [3.63, 3.8) is 0 Å². The van der Waals surface area contributed by atoms with E-state index in [9.17, 15) is 14.4 Å². The molecule has 0 aliphatic carbocycles. The smallest absolute Gasteiger partial charge is 0.326 e. The van der Waals surface area contributed by atoms with E-state index in [4.69, 9.17) is 5.73 Å². The molecule has 5 N–H and O–H groups in total. The zero-order valence-corrected chi connectivity index (χ0v) is 9.49. The van der Waals surface area contributed by atoms with Gasteiger partial charge in [0.05, 0.1) is 6.54 Å². The molecule has 0 aromatic rings. The van der Waals surface area contributed by atoms with Gasteiger partial charge in [-0.05, 0) is 12.8 Å². The van der Waals surface area contributed by atoms with Gasteiger partial charge in [0.25, 0.3) is 0 Å². The molecule has 0 unspecified atom stereocenters. The zero-order chi connectivity index (χ0) is 12.7. The number of primary amides is 1. The lowest BCUT2D eigenvalue weighted by molar-refractivity contribution is -0.117. The van der Waals surface area contributed by atoms with Crippen LogP contribution in [0.1, 0.15) is 19.3 Å². The van der Waals surface area contributed by atoms with Crippen LogP contribution < -0.4 is 21.8 Å². The molecule has 2 aliphatic rings. The second-order valence-electron chi connectivity index (χ2n) is 3.75. The standard InChI is InChI=1S/C6H13N3O.C3H4N2O2/c7-6(10)8-9-4-2-1-3-5-9;6-2-1-4-3(7)5-2/h1-5H2,(H3,7,8,10);1H2,(H2,4,5,6,7). The number of hydrogen-bond acceptors (Lipinski definition) is 4. The van der Waals surface area contributed by atoms with Crippen LogP contribution in [0.4, 0.5) is 9.59 Å². The maximum atomic E-state index is 10.3. The number of amides is 5. The summed E-state index contributed by atoms with van der Waals surface area (Å²) in [5.41, 5.74) is 7.49. The van der Waals surface area contributed by atoms with Gasteiger partial charge >= 0.3 is 12.1 Å². The maximum Gasteiger partial charge on any atom is 0.326 e. The van der Waals surface area contributed by atoms with Crippen LogP contribution in [0.5, 0.6) is 0 Å². The maximum absolute atomic E-state index is 10.3. The van der Waals surface area contributed by atoms with Gasteiger partial charge in [-0.1, -0.05) is 6.42 Å². The topological polar surface area (TPSA) is 117 Å². The Morgan fingerprint density at radius 3 is 2.24 bits per heavy atom. The Hall–Kier alpha value is -1.83. The van der Waals surface area contributed by atoms with E-state index in [1.807, 2.05) is 10.3 Å². The van der Waals surface area contributed by atoms with Gasteiger partial charge in [0, 0.05) is 13.1 Å². The molecule has 2 rings (SSSR count). The van der Waals surface area contributed by atoms with Gasteiger partial charge in [0.2, 0.25) is 5.91 Å². The molecule has 2 heterocycles. The molecule has 8 nitrogen and oxygen atoms in total. The molecule has 2 saturated heterocycles. The minimum Gasteiger partial charge on any atom is -0.351 e. The number of imide groups is 1. The fourth-order valence-corrected chi connectivity index (χ4v) is 1.54. The van der Waals surface area contributed by atoms with E-state index in [0.29, 0.717) is 0 Å². The van der Waals surface area contributed by atoms with Crippen molar-refractivity contribution in [3.05, 3.63) is 0 Å². The Balaban J connectivity index is 0.000000181. The van der Waals surface area contributed by atoms with Crippen LogP contribution >= 0.6 is 0 Å². The Kier molecular flexibility index (Phi) is 5.21. The summed E-state index contributed by atoms with van der Waals surface area (Å²) in [5, 5.41) is 6.16. The van der Waals surface area contributed by atoms with Crippen molar-refractivity contribution in [1.82, 2.24) is 21.1 Å². The van der Waals surface area contributed by atoms with Gasteiger partial charge in [-0.2, -0.15) is 0 Å². The molecular weight excluding hydrogens is 226 g/mol. The Morgan fingerprint density at radius 1 is 1.24 bits per heavy atom. The molecule has 0 radical (unpaired) electrons. The quantitative estimate of drug-likeness (QED) is 0.436. The third kappa shape index (κ3) is 5.71. The molecular formula is C9H17N5O3. The number of carbonyl (C=O) groups excluding carboxylic acids is 3. The van der Waals surface area contributed by atoms with Crippen molar-refractivity contribution in [1.29, 1.82) is 0 Å². The highest BCUT2D eigenvalue weighted by Crippen LogP contribution is 2.05. The summed E-state index contributed by atoms with van der Waals surface area (Å²) in [5.74, 6) is -0.259. The second-order valence-corrected chi connectivity index (χ2v) is 3.75. The van der Waals surface area contributed by atoms with E-state index in [0.717, 1.165) is 25.9 Å². The van der Waals surface area contributed by atoms with E-state index >= 15 is 0 Å². The molecule has 2 aliphatic heterocycles. The molecule has 0 aromatic heterocycles. The van der Waals surface area contributed by atoms with Gasteiger partial charge in [-0.25, -0.2) is 14.6 Å². The molecule has 0 bridgehead atoms.